The highest BCUT2D eigenvalue weighted by atomic mass is 32.2. The molecule has 3 rings (SSSR count). The van der Waals surface area contributed by atoms with Gasteiger partial charge < -0.3 is 5.32 Å². The number of carbonyl (C=O) groups excluding carboxylic acids is 1. The van der Waals surface area contributed by atoms with Gasteiger partial charge in [0.25, 0.3) is 5.56 Å². The van der Waals surface area contributed by atoms with Crippen LogP contribution in [0.15, 0.2) is 39.6 Å². The van der Waals surface area contributed by atoms with Gasteiger partial charge in [0, 0.05) is 6.54 Å². The second kappa shape index (κ2) is 8.71. The molecule has 142 valence electrons. The summed E-state index contributed by atoms with van der Waals surface area (Å²) in [5.41, 5.74) is 3.54. The molecule has 0 bridgehead atoms. The van der Waals surface area contributed by atoms with E-state index in [1.807, 2.05) is 43.5 Å². The molecular weight excluding hydrogens is 378 g/mol. The molecule has 0 spiro atoms. The van der Waals surface area contributed by atoms with E-state index in [2.05, 4.69) is 17.2 Å². The lowest BCUT2D eigenvalue weighted by Crippen LogP contribution is -2.27. The average molecular weight is 402 g/mol. The predicted molar refractivity (Wildman–Crippen MR) is 113 cm³/mol. The molecule has 1 N–H and O–H groups in total. The zero-order valence-corrected chi connectivity index (χ0v) is 17.4. The highest BCUT2D eigenvalue weighted by Crippen LogP contribution is 2.25. The molecule has 7 heteroatoms. The number of aryl methyl sites for hydroxylation is 2. The number of amides is 1. The number of nitrogens with one attached hydrogen (secondary N) is 1. The van der Waals surface area contributed by atoms with Crippen molar-refractivity contribution < 1.29 is 4.79 Å². The molecule has 0 atom stereocenters. The smallest absolute Gasteiger partial charge is 0.276 e. The fourth-order valence-electron chi connectivity index (χ4n) is 2.84. The molecule has 27 heavy (non-hydrogen) atoms. The summed E-state index contributed by atoms with van der Waals surface area (Å²) in [6.07, 6.45) is 2.00. The summed E-state index contributed by atoms with van der Waals surface area (Å²) in [6, 6.07) is 7.82. The standard InChI is InChI=1S/C20H23N3O2S2/c1-4-5-9-21-17(24)12-27-20-22-15-8-10-26-18(15)19(25)23(20)16-7-6-13(2)11-14(16)3/h6-8,10-11H,4-5,9,12H2,1-3H3,(H,21,24). The van der Waals surface area contributed by atoms with Crippen molar-refractivity contribution in [2.24, 2.45) is 0 Å². The summed E-state index contributed by atoms with van der Waals surface area (Å²) in [5, 5.41) is 5.32. The van der Waals surface area contributed by atoms with Crippen LogP contribution in [0.1, 0.15) is 30.9 Å². The van der Waals surface area contributed by atoms with E-state index in [0.29, 0.717) is 21.9 Å². The molecule has 3 aromatic rings. The molecule has 0 unspecified atom stereocenters. The molecule has 0 fully saturated rings. The molecule has 1 amide bonds. The zero-order valence-electron chi connectivity index (χ0n) is 15.7. The quantitative estimate of drug-likeness (QED) is 0.368. The molecule has 0 aliphatic heterocycles. The first-order valence-corrected chi connectivity index (χ1v) is 10.8. The van der Waals surface area contributed by atoms with Gasteiger partial charge in [-0.05, 0) is 43.3 Å². The number of carbonyl (C=O) groups is 1. The van der Waals surface area contributed by atoms with Crippen LogP contribution < -0.4 is 10.9 Å². The second-order valence-electron chi connectivity index (χ2n) is 6.45. The largest absolute Gasteiger partial charge is 0.355 e. The molecule has 0 aliphatic rings. The summed E-state index contributed by atoms with van der Waals surface area (Å²) in [6.45, 7) is 6.77. The van der Waals surface area contributed by atoms with E-state index >= 15 is 0 Å². The van der Waals surface area contributed by atoms with Crippen LogP contribution >= 0.6 is 23.1 Å². The second-order valence-corrected chi connectivity index (χ2v) is 8.31. The summed E-state index contributed by atoms with van der Waals surface area (Å²) in [7, 11) is 0. The molecule has 0 saturated carbocycles. The number of thioether (sulfide) groups is 1. The number of aromatic nitrogens is 2. The fourth-order valence-corrected chi connectivity index (χ4v) is 4.44. The number of hydrogen-bond acceptors (Lipinski definition) is 5. The molecule has 0 aliphatic carbocycles. The summed E-state index contributed by atoms with van der Waals surface area (Å²) in [4.78, 5) is 29.9. The van der Waals surface area contributed by atoms with E-state index in [1.165, 1.54) is 23.1 Å². The Morgan fingerprint density at radius 3 is 2.85 bits per heavy atom. The Kier molecular flexibility index (Phi) is 6.34. The maximum Gasteiger partial charge on any atom is 0.276 e. The maximum absolute atomic E-state index is 13.1. The lowest BCUT2D eigenvalue weighted by atomic mass is 10.1. The zero-order chi connectivity index (χ0) is 19.4. The van der Waals surface area contributed by atoms with Gasteiger partial charge in [-0.2, -0.15) is 0 Å². The SMILES string of the molecule is CCCCNC(=O)CSc1nc2ccsc2c(=O)n1-c1ccc(C)cc1C. The van der Waals surface area contributed by atoms with Crippen molar-refractivity contribution in [3.63, 3.8) is 0 Å². The van der Waals surface area contributed by atoms with Crippen LogP contribution in [-0.2, 0) is 4.79 Å². The number of rotatable bonds is 7. The molecule has 1 aromatic carbocycles. The van der Waals surface area contributed by atoms with Gasteiger partial charge >= 0.3 is 0 Å². The van der Waals surface area contributed by atoms with E-state index in [-0.39, 0.29) is 17.2 Å². The van der Waals surface area contributed by atoms with E-state index in [4.69, 9.17) is 0 Å². The van der Waals surface area contributed by atoms with Gasteiger partial charge in [0.1, 0.15) is 4.70 Å². The third kappa shape index (κ3) is 4.42. The van der Waals surface area contributed by atoms with Crippen LogP contribution in [-0.4, -0.2) is 27.8 Å². The van der Waals surface area contributed by atoms with Crippen LogP contribution in [0.2, 0.25) is 0 Å². The van der Waals surface area contributed by atoms with E-state index < -0.39 is 0 Å². The number of fused-ring (bicyclic) bond motifs is 1. The first-order valence-electron chi connectivity index (χ1n) is 8.98. The lowest BCUT2D eigenvalue weighted by molar-refractivity contribution is -0.118. The van der Waals surface area contributed by atoms with Crippen molar-refractivity contribution >= 4 is 39.2 Å². The third-order valence-corrected chi connectivity index (χ3v) is 6.06. The lowest BCUT2D eigenvalue weighted by Gasteiger charge is -2.14. The minimum absolute atomic E-state index is 0.0414. The summed E-state index contributed by atoms with van der Waals surface area (Å²) >= 11 is 2.69. The number of benzene rings is 1. The first kappa shape index (κ1) is 19.6. The number of nitrogens with zero attached hydrogens (tertiary/aromatic N) is 2. The van der Waals surface area contributed by atoms with Gasteiger partial charge in [0.05, 0.1) is 17.0 Å². The van der Waals surface area contributed by atoms with Crippen LogP contribution in [0.5, 0.6) is 0 Å². The normalized spacial score (nSPS) is 11.1. The van der Waals surface area contributed by atoms with Crippen LogP contribution in [0.4, 0.5) is 0 Å². The van der Waals surface area contributed by atoms with Crippen molar-refractivity contribution in [1.29, 1.82) is 0 Å². The predicted octanol–water partition coefficient (Wildman–Crippen LogP) is 4.07. The van der Waals surface area contributed by atoms with Crippen LogP contribution in [0.25, 0.3) is 15.9 Å². The summed E-state index contributed by atoms with van der Waals surface area (Å²) in [5.74, 6) is 0.191. The molecule has 5 nitrogen and oxygen atoms in total. The Morgan fingerprint density at radius 2 is 2.11 bits per heavy atom. The number of thiophene rings is 1. The summed E-state index contributed by atoms with van der Waals surface area (Å²) < 4.78 is 2.27. The first-order chi connectivity index (χ1) is 13.0. The number of hydrogen-bond donors (Lipinski definition) is 1. The number of unbranched alkanes of at least 4 members (excludes halogenated alkanes) is 1. The topological polar surface area (TPSA) is 64.0 Å². The van der Waals surface area contributed by atoms with Gasteiger partial charge in [-0.1, -0.05) is 42.8 Å². The average Bonchev–Trinajstić information content (AvgIpc) is 3.10. The maximum atomic E-state index is 13.1. The highest BCUT2D eigenvalue weighted by molar-refractivity contribution is 7.99. The van der Waals surface area contributed by atoms with Gasteiger partial charge in [0.15, 0.2) is 5.16 Å². The Morgan fingerprint density at radius 1 is 1.30 bits per heavy atom. The minimum atomic E-state index is -0.0872. The highest BCUT2D eigenvalue weighted by Gasteiger charge is 2.16. The fraction of sp³-hybridized carbons (Fsp3) is 0.350. The van der Waals surface area contributed by atoms with Crippen molar-refractivity contribution in [2.45, 2.75) is 38.8 Å². The Balaban J connectivity index is 1.98. The Hall–Kier alpha value is -2.12. The third-order valence-electron chi connectivity index (χ3n) is 4.23. The molecular formula is C20H23N3O2S2. The van der Waals surface area contributed by atoms with Crippen LogP contribution in [0.3, 0.4) is 0 Å². The Labute approximate surface area is 166 Å². The molecule has 0 saturated heterocycles. The van der Waals surface area contributed by atoms with Gasteiger partial charge in [-0.15, -0.1) is 11.3 Å². The molecule has 2 heterocycles. The van der Waals surface area contributed by atoms with Gasteiger partial charge in [-0.3, -0.25) is 14.2 Å². The van der Waals surface area contributed by atoms with Crippen molar-refractivity contribution in [3.05, 3.63) is 51.1 Å². The Bertz CT molecular complexity index is 1020. The minimum Gasteiger partial charge on any atom is -0.355 e. The molecule has 0 radical (unpaired) electrons. The van der Waals surface area contributed by atoms with Crippen molar-refractivity contribution in [2.75, 3.05) is 12.3 Å². The van der Waals surface area contributed by atoms with Crippen molar-refractivity contribution in [1.82, 2.24) is 14.9 Å². The van der Waals surface area contributed by atoms with E-state index in [1.54, 1.807) is 4.57 Å². The van der Waals surface area contributed by atoms with E-state index in [0.717, 1.165) is 29.7 Å². The van der Waals surface area contributed by atoms with Crippen LogP contribution in [0, 0.1) is 13.8 Å². The molecule has 2 aromatic heterocycles. The van der Waals surface area contributed by atoms with Gasteiger partial charge in [0.2, 0.25) is 5.91 Å². The van der Waals surface area contributed by atoms with E-state index in [9.17, 15) is 9.59 Å². The van der Waals surface area contributed by atoms with Gasteiger partial charge in [-0.25, -0.2) is 4.98 Å². The monoisotopic (exact) mass is 401 g/mol. The van der Waals surface area contributed by atoms with Crippen molar-refractivity contribution in [3.8, 4) is 5.69 Å².